The molecule has 0 aromatic heterocycles. The number of nitrogens with zero attached hydrogens (tertiary/aromatic N) is 1. The molecule has 1 rings (SSSR count). The lowest BCUT2D eigenvalue weighted by molar-refractivity contribution is 0.182. The lowest BCUT2D eigenvalue weighted by atomic mass is 10.1. The fourth-order valence-electron chi connectivity index (χ4n) is 2.33. The van der Waals surface area contributed by atoms with E-state index in [0.29, 0.717) is 25.0 Å². The van der Waals surface area contributed by atoms with E-state index in [1.165, 1.54) is 5.56 Å². The van der Waals surface area contributed by atoms with Gasteiger partial charge in [0.2, 0.25) is 0 Å². The Bertz CT molecular complexity index is 445. The van der Waals surface area contributed by atoms with Crippen LogP contribution in [0.3, 0.4) is 0 Å². The molecule has 0 unspecified atom stereocenters. The Balaban J connectivity index is 2.26. The van der Waals surface area contributed by atoms with E-state index in [2.05, 4.69) is 39.9 Å². The normalized spacial score (nSPS) is 10.9. The summed E-state index contributed by atoms with van der Waals surface area (Å²) in [6.45, 7) is 13.4. The second-order valence-electron chi connectivity index (χ2n) is 6.94. The van der Waals surface area contributed by atoms with Gasteiger partial charge in [0.15, 0.2) is 0 Å². The van der Waals surface area contributed by atoms with Crippen molar-refractivity contribution < 1.29 is 9.53 Å². The molecule has 4 nitrogen and oxygen atoms in total. The summed E-state index contributed by atoms with van der Waals surface area (Å²) < 4.78 is 5.67. The quantitative estimate of drug-likeness (QED) is 0.696. The van der Waals surface area contributed by atoms with Crippen LogP contribution in [0.1, 0.15) is 39.7 Å². The molecule has 23 heavy (non-hydrogen) atoms. The minimum atomic E-state index is 0.0303. The largest absolute Gasteiger partial charge is 0.494 e. The molecule has 2 amide bonds. The number of hydrogen-bond donors (Lipinski definition) is 1. The highest BCUT2D eigenvalue weighted by Crippen LogP contribution is 2.11. The molecule has 0 aliphatic rings. The van der Waals surface area contributed by atoms with Crippen molar-refractivity contribution in [1.29, 1.82) is 0 Å². The van der Waals surface area contributed by atoms with Gasteiger partial charge >= 0.3 is 6.03 Å². The highest BCUT2D eigenvalue weighted by Gasteiger charge is 2.15. The smallest absolute Gasteiger partial charge is 0.317 e. The molecule has 0 spiro atoms. The zero-order valence-corrected chi connectivity index (χ0v) is 15.3. The zero-order valence-electron chi connectivity index (χ0n) is 15.3. The third-order valence-electron chi connectivity index (χ3n) is 3.35. The predicted octanol–water partition coefficient (Wildman–Crippen LogP) is 4.09. The number of rotatable bonds is 9. The van der Waals surface area contributed by atoms with Crippen LogP contribution >= 0.6 is 0 Å². The first kappa shape index (κ1) is 19.3. The average Bonchev–Trinajstić information content (AvgIpc) is 2.47. The van der Waals surface area contributed by atoms with Crippen LogP contribution in [-0.2, 0) is 0 Å². The van der Waals surface area contributed by atoms with Crippen molar-refractivity contribution in [2.24, 2.45) is 11.8 Å². The van der Waals surface area contributed by atoms with Crippen LogP contribution in [-0.4, -0.2) is 37.2 Å². The second-order valence-corrected chi connectivity index (χ2v) is 6.94. The summed E-state index contributed by atoms with van der Waals surface area (Å²) in [5.41, 5.74) is 1.22. The van der Waals surface area contributed by atoms with E-state index >= 15 is 0 Å². The topological polar surface area (TPSA) is 41.6 Å². The van der Waals surface area contributed by atoms with Gasteiger partial charge in [-0.25, -0.2) is 4.79 Å². The SMILES string of the molecule is Cc1ccc(OCCCNC(=O)N(CC(C)C)CC(C)C)cc1. The maximum Gasteiger partial charge on any atom is 0.317 e. The van der Waals surface area contributed by atoms with E-state index in [-0.39, 0.29) is 6.03 Å². The van der Waals surface area contributed by atoms with Crippen molar-refractivity contribution in [1.82, 2.24) is 10.2 Å². The lowest BCUT2D eigenvalue weighted by Gasteiger charge is -2.26. The Morgan fingerprint density at radius 3 is 2.17 bits per heavy atom. The number of carbonyl (C=O) groups is 1. The molecule has 1 N–H and O–H groups in total. The lowest BCUT2D eigenvalue weighted by Crippen LogP contribution is -2.44. The number of urea groups is 1. The number of hydrogen-bond acceptors (Lipinski definition) is 2. The van der Waals surface area contributed by atoms with Crippen molar-refractivity contribution in [3.63, 3.8) is 0 Å². The van der Waals surface area contributed by atoms with Crippen molar-refractivity contribution in [2.45, 2.75) is 41.0 Å². The molecule has 0 radical (unpaired) electrons. The van der Waals surface area contributed by atoms with Crippen molar-refractivity contribution in [2.75, 3.05) is 26.2 Å². The Morgan fingerprint density at radius 2 is 1.65 bits per heavy atom. The molecule has 1 aromatic carbocycles. The Kier molecular flexibility index (Phi) is 8.52. The zero-order chi connectivity index (χ0) is 17.2. The molecule has 0 aliphatic carbocycles. The van der Waals surface area contributed by atoms with Gasteiger partial charge in [-0.3, -0.25) is 0 Å². The molecule has 0 fully saturated rings. The summed E-state index contributed by atoms with van der Waals surface area (Å²) in [6, 6.07) is 8.05. The minimum Gasteiger partial charge on any atom is -0.494 e. The minimum absolute atomic E-state index is 0.0303. The van der Waals surface area contributed by atoms with Crippen LogP contribution < -0.4 is 10.1 Å². The molecule has 0 atom stereocenters. The number of aryl methyl sites for hydroxylation is 1. The molecule has 0 heterocycles. The van der Waals surface area contributed by atoms with Crippen LogP contribution in [0.2, 0.25) is 0 Å². The van der Waals surface area contributed by atoms with Crippen molar-refractivity contribution in [3.05, 3.63) is 29.8 Å². The van der Waals surface area contributed by atoms with E-state index in [1.807, 2.05) is 29.2 Å². The molecule has 0 saturated heterocycles. The molecule has 0 bridgehead atoms. The summed E-state index contributed by atoms with van der Waals surface area (Å²) in [7, 11) is 0. The number of carbonyl (C=O) groups excluding carboxylic acids is 1. The van der Waals surface area contributed by atoms with Crippen molar-refractivity contribution >= 4 is 6.03 Å². The van der Waals surface area contributed by atoms with Gasteiger partial charge < -0.3 is 15.0 Å². The van der Waals surface area contributed by atoms with Gasteiger partial charge in [-0.2, -0.15) is 0 Å². The summed E-state index contributed by atoms with van der Waals surface area (Å²) in [5.74, 6) is 1.83. The number of nitrogens with one attached hydrogen (secondary N) is 1. The average molecular weight is 320 g/mol. The number of ether oxygens (including phenoxy) is 1. The van der Waals surface area contributed by atoms with Crippen molar-refractivity contribution in [3.8, 4) is 5.75 Å². The third-order valence-corrected chi connectivity index (χ3v) is 3.35. The van der Waals surface area contributed by atoms with Crippen LogP contribution in [0.4, 0.5) is 4.79 Å². The Morgan fingerprint density at radius 1 is 1.09 bits per heavy atom. The van der Waals surface area contributed by atoms with Crippen LogP contribution in [0.5, 0.6) is 5.75 Å². The van der Waals surface area contributed by atoms with E-state index in [9.17, 15) is 4.79 Å². The monoisotopic (exact) mass is 320 g/mol. The van der Waals surface area contributed by atoms with E-state index in [0.717, 1.165) is 25.3 Å². The summed E-state index contributed by atoms with van der Waals surface area (Å²) in [5, 5.41) is 3.00. The first-order valence-electron chi connectivity index (χ1n) is 8.60. The maximum absolute atomic E-state index is 12.3. The first-order chi connectivity index (χ1) is 10.9. The van der Waals surface area contributed by atoms with Crippen LogP contribution in [0.25, 0.3) is 0 Å². The van der Waals surface area contributed by atoms with Gasteiger partial charge in [0.25, 0.3) is 0 Å². The van der Waals surface area contributed by atoms with Gasteiger partial charge in [0.1, 0.15) is 5.75 Å². The van der Waals surface area contributed by atoms with Gasteiger partial charge in [-0.1, -0.05) is 45.4 Å². The summed E-state index contributed by atoms with van der Waals surface area (Å²) in [6.07, 6.45) is 0.802. The maximum atomic E-state index is 12.3. The highest BCUT2D eigenvalue weighted by atomic mass is 16.5. The molecular weight excluding hydrogens is 288 g/mol. The summed E-state index contributed by atoms with van der Waals surface area (Å²) in [4.78, 5) is 14.2. The van der Waals surface area contributed by atoms with E-state index in [1.54, 1.807) is 0 Å². The van der Waals surface area contributed by atoms with Crippen LogP contribution in [0, 0.1) is 18.8 Å². The fraction of sp³-hybridized carbons (Fsp3) is 0.632. The number of benzene rings is 1. The molecule has 0 saturated carbocycles. The van der Waals surface area contributed by atoms with Gasteiger partial charge in [-0.15, -0.1) is 0 Å². The Labute approximate surface area is 141 Å². The molecule has 130 valence electrons. The standard InChI is InChI=1S/C19H32N2O2/c1-15(2)13-21(14-16(3)4)19(22)20-11-6-12-23-18-9-7-17(5)8-10-18/h7-10,15-16H,6,11-14H2,1-5H3,(H,20,22). The van der Waals surface area contributed by atoms with Gasteiger partial charge in [-0.05, 0) is 37.3 Å². The first-order valence-corrected chi connectivity index (χ1v) is 8.60. The van der Waals surface area contributed by atoms with Gasteiger partial charge in [0.05, 0.1) is 6.61 Å². The van der Waals surface area contributed by atoms with Crippen LogP contribution in [0.15, 0.2) is 24.3 Å². The van der Waals surface area contributed by atoms with E-state index < -0.39 is 0 Å². The molecule has 4 heteroatoms. The Hall–Kier alpha value is -1.71. The van der Waals surface area contributed by atoms with Gasteiger partial charge in [0, 0.05) is 19.6 Å². The fourth-order valence-corrected chi connectivity index (χ4v) is 2.33. The van der Waals surface area contributed by atoms with E-state index in [4.69, 9.17) is 4.74 Å². The summed E-state index contributed by atoms with van der Waals surface area (Å²) >= 11 is 0. The highest BCUT2D eigenvalue weighted by molar-refractivity contribution is 5.74. The molecular formula is C19H32N2O2. The third kappa shape index (κ3) is 8.48. The predicted molar refractivity (Wildman–Crippen MR) is 95.9 cm³/mol. The molecule has 0 aliphatic heterocycles. The molecule has 1 aromatic rings. The second kappa shape index (κ2) is 10.1. The number of amides is 2.